The number of ether oxygens (including phenoxy) is 3. The van der Waals surface area contributed by atoms with Gasteiger partial charge in [-0.3, -0.25) is 4.98 Å². The zero-order chi connectivity index (χ0) is 25.9. The molecule has 0 radical (unpaired) electrons. The maximum Gasteiger partial charge on any atom is 0.407 e. The minimum absolute atomic E-state index is 0.0319. The maximum absolute atomic E-state index is 13.4. The van der Waals surface area contributed by atoms with Gasteiger partial charge in [0.2, 0.25) is 0 Å². The Morgan fingerprint density at radius 3 is 2.67 bits per heavy atom. The number of fused-ring (bicyclic) bond motifs is 1. The van der Waals surface area contributed by atoms with E-state index in [1.807, 2.05) is 19.1 Å². The molecule has 194 valence electrons. The first-order valence-corrected chi connectivity index (χ1v) is 12.1. The molecule has 1 fully saturated rings. The van der Waals surface area contributed by atoms with Crippen molar-refractivity contribution in [2.24, 2.45) is 0 Å². The predicted octanol–water partition coefficient (Wildman–Crippen LogP) is 6.03. The van der Waals surface area contributed by atoms with Crippen molar-refractivity contribution in [3.8, 4) is 17.0 Å². The van der Waals surface area contributed by atoms with E-state index in [1.54, 1.807) is 43.8 Å². The number of alkyl halides is 2. The minimum atomic E-state index is -3.00. The first-order valence-electron chi connectivity index (χ1n) is 12.1. The van der Waals surface area contributed by atoms with Crippen LogP contribution in [0.1, 0.15) is 64.7 Å². The van der Waals surface area contributed by atoms with Gasteiger partial charge in [-0.05, 0) is 63.8 Å². The average Bonchev–Trinajstić information content (AvgIpc) is 3.27. The van der Waals surface area contributed by atoms with E-state index in [2.05, 4.69) is 15.4 Å². The lowest BCUT2D eigenvalue weighted by Crippen LogP contribution is -2.34. The molecule has 0 saturated carbocycles. The van der Waals surface area contributed by atoms with Crippen LogP contribution in [0.15, 0.2) is 36.7 Å². The Morgan fingerprint density at radius 2 is 2.03 bits per heavy atom. The van der Waals surface area contributed by atoms with E-state index < -0.39 is 18.3 Å². The summed E-state index contributed by atoms with van der Waals surface area (Å²) in [6.45, 7) is 5.37. The summed E-state index contributed by atoms with van der Waals surface area (Å²) in [5.74, 6) is -0.00323. The summed E-state index contributed by atoms with van der Waals surface area (Å²) in [6, 6.07) is 7.17. The Hall–Kier alpha value is -3.27. The molecule has 1 saturated heterocycles. The van der Waals surface area contributed by atoms with E-state index in [0.717, 1.165) is 24.8 Å². The second kappa shape index (κ2) is 10.8. The molecule has 1 N–H and O–H groups in total. The molecule has 0 bridgehead atoms. The second-order valence-corrected chi connectivity index (χ2v) is 9.92. The third-order valence-electron chi connectivity index (χ3n) is 5.95. The Kier molecular flexibility index (Phi) is 7.73. The highest BCUT2D eigenvalue weighted by molar-refractivity contribution is 5.92. The van der Waals surface area contributed by atoms with E-state index in [1.165, 1.54) is 6.20 Å². The number of carbonyl (C=O) groups excluding carboxylic acids is 1. The summed E-state index contributed by atoms with van der Waals surface area (Å²) >= 11 is 0. The number of nitrogens with zero attached hydrogens (tertiary/aromatic N) is 3. The second-order valence-electron chi connectivity index (χ2n) is 9.92. The fourth-order valence-corrected chi connectivity index (χ4v) is 4.18. The normalized spacial score (nSPS) is 17.2. The first-order chi connectivity index (χ1) is 17.1. The molecule has 2 atom stereocenters. The summed E-state index contributed by atoms with van der Waals surface area (Å²) in [5.41, 5.74) is 1.91. The Morgan fingerprint density at radius 1 is 1.22 bits per heavy atom. The number of benzene rings is 1. The molecule has 1 aliphatic heterocycles. The van der Waals surface area contributed by atoms with Crippen LogP contribution in [-0.2, 0) is 9.47 Å². The molecular weight excluding hydrogens is 470 g/mol. The minimum Gasteiger partial charge on any atom is -0.444 e. The summed E-state index contributed by atoms with van der Waals surface area (Å²) in [5, 5.41) is 7.64. The van der Waals surface area contributed by atoms with E-state index >= 15 is 0 Å². The highest BCUT2D eigenvalue weighted by Crippen LogP contribution is 2.39. The maximum atomic E-state index is 13.4. The lowest BCUT2D eigenvalue weighted by Gasteiger charge is -2.23. The number of alkyl carbamates (subject to hydrolysis) is 1. The molecule has 3 aromatic rings. The lowest BCUT2D eigenvalue weighted by molar-refractivity contribution is -0.0484. The van der Waals surface area contributed by atoms with Crippen molar-refractivity contribution >= 4 is 17.0 Å². The SMILES string of the molecule is CC(CNC(=O)OC(C)(C)C)c1ccc(-c2ccc3c(cnn3C3CCCCO3)c2OC(F)F)nc1. The summed E-state index contributed by atoms with van der Waals surface area (Å²) in [7, 11) is 0. The molecule has 1 amide bonds. The molecule has 2 aromatic heterocycles. The van der Waals surface area contributed by atoms with E-state index in [-0.39, 0.29) is 17.9 Å². The van der Waals surface area contributed by atoms with Gasteiger partial charge in [0.25, 0.3) is 0 Å². The van der Waals surface area contributed by atoms with Gasteiger partial charge in [0, 0.05) is 30.8 Å². The van der Waals surface area contributed by atoms with Crippen molar-refractivity contribution in [2.75, 3.05) is 13.2 Å². The van der Waals surface area contributed by atoms with Crippen molar-refractivity contribution in [1.82, 2.24) is 20.1 Å². The largest absolute Gasteiger partial charge is 0.444 e. The van der Waals surface area contributed by atoms with Gasteiger partial charge in [-0.1, -0.05) is 13.0 Å². The first kappa shape index (κ1) is 25.8. The van der Waals surface area contributed by atoms with Crippen LogP contribution in [-0.4, -0.2) is 46.2 Å². The van der Waals surface area contributed by atoms with E-state index in [9.17, 15) is 13.6 Å². The van der Waals surface area contributed by atoms with Crippen LogP contribution < -0.4 is 10.1 Å². The fraction of sp³-hybridized carbons (Fsp3) is 0.500. The highest BCUT2D eigenvalue weighted by atomic mass is 19.3. The molecule has 8 nitrogen and oxygen atoms in total. The Labute approximate surface area is 208 Å². The third-order valence-corrected chi connectivity index (χ3v) is 5.95. The number of nitrogens with one attached hydrogen (secondary N) is 1. The van der Waals surface area contributed by atoms with Gasteiger partial charge in [0.15, 0.2) is 6.23 Å². The Bertz CT molecular complexity index is 1190. The summed E-state index contributed by atoms with van der Waals surface area (Å²) in [4.78, 5) is 16.4. The summed E-state index contributed by atoms with van der Waals surface area (Å²) < 4.78 is 44.6. The predicted molar refractivity (Wildman–Crippen MR) is 131 cm³/mol. The Balaban J connectivity index is 1.56. The van der Waals surface area contributed by atoms with Gasteiger partial charge in [-0.25, -0.2) is 9.48 Å². The topological polar surface area (TPSA) is 87.5 Å². The van der Waals surface area contributed by atoms with E-state index in [4.69, 9.17) is 14.2 Å². The van der Waals surface area contributed by atoms with Crippen LogP contribution in [0, 0.1) is 0 Å². The van der Waals surface area contributed by atoms with Crippen molar-refractivity contribution in [2.45, 2.75) is 71.3 Å². The van der Waals surface area contributed by atoms with Crippen LogP contribution in [0.5, 0.6) is 5.75 Å². The van der Waals surface area contributed by atoms with Gasteiger partial charge in [0.05, 0.1) is 22.8 Å². The van der Waals surface area contributed by atoms with Crippen LogP contribution in [0.2, 0.25) is 0 Å². The number of halogens is 2. The van der Waals surface area contributed by atoms with Crippen molar-refractivity contribution in [3.05, 3.63) is 42.2 Å². The molecule has 1 aliphatic rings. The number of hydrogen-bond acceptors (Lipinski definition) is 6. The number of pyridine rings is 1. The van der Waals surface area contributed by atoms with Gasteiger partial charge >= 0.3 is 12.7 Å². The number of hydrogen-bond donors (Lipinski definition) is 1. The van der Waals surface area contributed by atoms with Crippen molar-refractivity contribution in [1.29, 1.82) is 0 Å². The smallest absolute Gasteiger partial charge is 0.407 e. The standard InChI is InChI=1S/C26H32F2N4O4/c1-16(13-30-25(33)36-26(2,3)4)17-8-10-20(29-14-17)18-9-11-21-19(23(18)35-24(27)28)15-31-32(21)22-7-5-6-12-34-22/h8-11,14-16,22,24H,5-7,12-13H2,1-4H3,(H,30,33). The third kappa shape index (κ3) is 6.10. The van der Waals surface area contributed by atoms with Crippen LogP contribution in [0.25, 0.3) is 22.2 Å². The molecule has 1 aromatic carbocycles. The zero-order valence-electron chi connectivity index (χ0n) is 21.0. The number of carbonyl (C=O) groups is 1. The lowest BCUT2D eigenvalue weighted by atomic mass is 10.0. The monoisotopic (exact) mass is 502 g/mol. The number of aromatic nitrogens is 3. The molecule has 0 spiro atoms. The van der Waals surface area contributed by atoms with Gasteiger partial charge < -0.3 is 19.5 Å². The van der Waals surface area contributed by atoms with Crippen LogP contribution in [0.4, 0.5) is 13.6 Å². The zero-order valence-corrected chi connectivity index (χ0v) is 21.0. The molecule has 2 unspecified atom stereocenters. The molecular formula is C26H32F2N4O4. The quantitative estimate of drug-likeness (QED) is 0.425. The molecule has 10 heteroatoms. The number of rotatable bonds is 7. The van der Waals surface area contributed by atoms with E-state index in [0.29, 0.717) is 35.3 Å². The number of amides is 1. The van der Waals surface area contributed by atoms with Crippen LogP contribution in [0.3, 0.4) is 0 Å². The van der Waals surface area contributed by atoms with Crippen LogP contribution >= 0.6 is 0 Å². The molecule has 0 aliphatic carbocycles. The average molecular weight is 503 g/mol. The van der Waals surface area contributed by atoms with Crippen molar-refractivity contribution < 1.29 is 27.8 Å². The molecule has 3 heterocycles. The van der Waals surface area contributed by atoms with Gasteiger partial charge in [-0.15, -0.1) is 0 Å². The fourth-order valence-electron chi connectivity index (χ4n) is 4.18. The summed E-state index contributed by atoms with van der Waals surface area (Å²) in [6.07, 6.45) is 5.33. The van der Waals surface area contributed by atoms with Gasteiger partial charge in [-0.2, -0.15) is 13.9 Å². The molecule has 4 rings (SSSR count). The van der Waals surface area contributed by atoms with Gasteiger partial charge in [0.1, 0.15) is 11.4 Å². The highest BCUT2D eigenvalue weighted by Gasteiger charge is 2.23. The van der Waals surface area contributed by atoms with Crippen molar-refractivity contribution in [3.63, 3.8) is 0 Å². The molecule has 36 heavy (non-hydrogen) atoms.